The van der Waals surface area contributed by atoms with E-state index < -0.39 is 0 Å². The maximum absolute atomic E-state index is 6.03. The second kappa shape index (κ2) is 3.68. The van der Waals surface area contributed by atoms with Crippen LogP contribution in [0.5, 0.6) is 0 Å². The van der Waals surface area contributed by atoms with Crippen molar-refractivity contribution in [3.05, 3.63) is 17.2 Å². The van der Waals surface area contributed by atoms with Crippen LogP contribution < -0.4 is 5.32 Å². The van der Waals surface area contributed by atoms with Gasteiger partial charge in [-0.25, -0.2) is 4.98 Å². The van der Waals surface area contributed by atoms with E-state index >= 15 is 0 Å². The van der Waals surface area contributed by atoms with Crippen molar-refractivity contribution in [1.82, 2.24) is 14.9 Å². The van der Waals surface area contributed by atoms with Crippen LogP contribution >= 0.6 is 11.6 Å². The van der Waals surface area contributed by atoms with Crippen molar-refractivity contribution >= 4 is 11.6 Å². The molecule has 1 N–H and O–H groups in total. The zero-order chi connectivity index (χ0) is 9.26. The zero-order valence-electron chi connectivity index (χ0n) is 7.76. The Hall–Kier alpha value is -0.540. The van der Waals surface area contributed by atoms with Crippen LogP contribution in [0.25, 0.3) is 0 Å². The average molecular weight is 200 g/mol. The highest BCUT2D eigenvalue weighted by molar-refractivity contribution is 6.30. The largest absolute Gasteiger partial charge is 0.333 e. The van der Waals surface area contributed by atoms with Crippen molar-refractivity contribution in [2.24, 2.45) is 0 Å². The Kier molecular flexibility index (Phi) is 2.56. The van der Waals surface area contributed by atoms with Crippen LogP contribution in [0.15, 0.2) is 6.33 Å². The summed E-state index contributed by atoms with van der Waals surface area (Å²) in [6, 6.07) is 0. The molecular weight excluding hydrogens is 186 g/mol. The molecule has 72 valence electrons. The predicted molar refractivity (Wildman–Crippen MR) is 53.1 cm³/mol. The van der Waals surface area contributed by atoms with Crippen LogP contribution in [0.1, 0.15) is 24.5 Å². The molecule has 2 heterocycles. The molecule has 1 aromatic heterocycles. The first-order valence-electron chi connectivity index (χ1n) is 4.68. The van der Waals surface area contributed by atoms with Crippen molar-refractivity contribution < 1.29 is 0 Å². The molecule has 0 aliphatic carbocycles. The van der Waals surface area contributed by atoms with Crippen LogP contribution in [0.4, 0.5) is 0 Å². The molecule has 0 spiro atoms. The lowest BCUT2D eigenvalue weighted by atomic mass is 9.96. The summed E-state index contributed by atoms with van der Waals surface area (Å²) in [4.78, 5) is 4.13. The minimum atomic E-state index is 0.536. The number of aryl methyl sites for hydroxylation is 1. The van der Waals surface area contributed by atoms with Crippen molar-refractivity contribution in [1.29, 1.82) is 0 Å². The summed E-state index contributed by atoms with van der Waals surface area (Å²) in [6.07, 6.45) is 4.29. The van der Waals surface area contributed by atoms with Gasteiger partial charge in [-0.1, -0.05) is 11.6 Å². The third-order valence-corrected chi connectivity index (χ3v) is 2.91. The van der Waals surface area contributed by atoms with E-state index in [0.29, 0.717) is 11.1 Å². The second-order valence-corrected chi connectivity index (χ2v) is 3.87. The number of imidazole rings is 1. The molecule has 0 bridgehead atoms. The maximum Gasteiger partial charge on any atom is 0.150 e. The van der Waals surface area contributed by atoms with E-state index in [-0.39, 0.29) is 0 Å². The number of rotatable bonds is 2. The lowest BCUT2D eigenvalue weighted by Gasteiger charge is -2.24. The number of likely N-dealkylation sites (N-methyl/N-ethyl adjacent to an activating group) is 1. The highest BCUT2D eigenvalue weighted by Crippen LogP contribution is 2.31. The molecule has 4 heteroatoms. The number of aromatic nitrogens is 2. The van der Waals surface area contributed by atoms with Gasteiger partial charge in [-0.2, -0.15) is 0 Å². The smallest absolute Gasteiger partial charge is 0.150 e. The number of hydrogen-bond acceptors (Lipinski definition) is 2. The van der Waals surface area contributed by atoms with Crippen LogP contribution in [0, 0.1) is 0 Å². The highest BCUT2D eigenvalue weighted by atomic mass is 35.5. The first-order valence-corrected chi connectivity index (χ1v) is 5.06. The molecular formula is C9H14ClN3. The third-order valence-electron chi connectivity index (χ3n) is 2.62. The summed E-state index contributed by atoms with van der Waals surface area (Å²) in [6.45, 7) is 2.06. The van der Waals surface area contributed by atoms with Gasteiger partial charge in [0.1, 0.15) is 0 Å². The molecule has 0 amide bonds. The molecule has 1 aliphatic heterocycles. The Bertz CT molecular complexity index is 295. The van der Waals surface area contributed by atoms with E-state index in [1.165, 1.54) is 18.5 Å². The van der Waals surface area contributed by atoms with Gasteiger partial charge in [-0.3, -0.25) is 0 Å². The minimum absolute atomic E-state index is 0.536. The molecule has 0 saturated heterocycles. The maximum atomic E-state index is 6.03. The van der Waals surface area contributed by atoms with Crippen molar-refractivity contribution in [2.45, 2.75) is 25.3 Å². The van der Waals surface area contributed by atoms with Gasteiger partial charge < -0.3 is 9.88 Å². The van der Waals surface area contributed by atoms with Crippen molar-refractivity contribution in [2.75, 3.05) is 13.6 Å². The summed E-state index contributed by atoms with van der Waals surface area (Å²) < 4.78 is 2.17. The summed E-state index contributed by atoms with van der Waals surface area (Å²) in [7, 11) is 1.98. The molecule has 1 unspecified atom stereocenters. The molecule has 0 aromatic carbocycles. The standard InChI is InChI=1S/C9H14ClN3/c1-11-5-7-3-2-4-13-6-12-9(10)8(7)13/h6-7,11H,2-5H2,1H3. The van der Waals surface area contributed by atoms with E-state index in [1.807, 2.05) is 13.4 Å². The highest BCUT2D eigenvalue weighted by Gasteiger charge is 2.23. The molecule has 0 fully saturated rings. The second-order valence-electron chi connectivity index (χ2n) is 3.51. The van der Waals surface area contributed by atoms with Crippen LogP contribution in [0.3, 0.4) is 0 Å². The molecule has 1 aromatic rings. The normalized spacial score (nSPS) is 21.5. The predicted octanol–water partition coefficient (Wildman–Crippen LogP) is 1.63. The summed E-state index contributed by atoms with van der Waals surface area (Å²) in [5.41, 5.74) is 1.21. The minimum Gasteiger partial charge on any atom is -0.333 e. The first kappa shape index (κ1) is 9.03. The Morgan fingerprint density at radius 3 is 3.38 bits per heavy atom. The van der Waals surface area contributed by atoms with Gasteiger partial charge in [0.15, 0.2) is 5.15 Å². The molecule has 0 radical (unpaired) electrons. The van der Waals surface area contributed by atoms with Crippen molar-refractivity contribution in [3.8, 4) is 0 Å². The van der Waals surface area contributed by atoms with E-state index in [4.69, 9.17) is 11.6 Å². The summed E-state index contributed by atoms with van der Waals surface area (Å²) in [5.74, 6) is 0.536. The number of hydrogen-bond donors (Lipinski definition) is 1. The Labute approximate surface area is 83.1 Å². The number of halogens is 1. The Morgan fingerprint density at radius 1 is 1.77 bits per heavy atom. The summed E-state index contributed by atoms with van der Waals surface area (Å²) in [5, 5.41) is 3.88. The molecule has 2 rings (SSSR count). The van der Waals surface area contributed by atoms with Gasteiger partial charge in [0.05, 0.1) is 12.0 Å². The monoisotopic (exact) mass is 199 g/mol. The number of nitrogens with zero attached hydrogens (tertiary/aromatic N) is 2. The van der Waals surface area contributed by atoms with E-state index in [1.54, 1.807) is 0 Å². The van der Waals surface area contributed by atoms with Crippen LogP contribution in [-0.4, -0.2) is 23.1 Å². The Balaban J connectivity index is 2.29. The topological polar surface area (TPSA) is 29.9 Å². The van der Waals surface area contributed by atoms with Crippen LogP contribution in [-0.2, 0) is 6.54 Å². The average Bonchev–Trinajstić information content (AvgIpc) is 2.50. The van der Waals surface area contributed by atoms with E-state index in [9.17, 15) is 0 Å². The van der Waals surface area contributed by atoms with Gasteiger partial charge in [0, 0.05) is 19.0 Å². The van der Waals surface area contributed by atoms with Gasteiger partial charge in [-0.05, 0) is 19.9 Å². The fraction of sp³-hybridized carbons (Fsp3) is 0.667. The lowest BCUT2D eigenvalue weighted by molar-refractivity contribution is 0.443. The Morgan fingerprint density at radius 2 is 2.62 bits per heavy atom. The van der Waals surface area contributed by atoms with Gasteiger partial charge in [-0.15, -0.1) is 0 Å². The molecule has 1 atom stereocenters. The molecule has 1 aliphatic rings. The van der Waals surface area contributed by atoms with Gasteiger partial charge in [0.2, 0.25) is 0 Å². The zero-order valence-corrected chi connectivity index (χ0v) is 8.51. The lowest BCUT2D eigenvalue weighted by Crippen LogP contribution is -2.23. The molecule has 0 saturated carbocycles. The summed E-state index contributed by atoms with van der Waals surface area (Å²) >= 11 is 6.03. The van der Waals surface area contributed by atoms with Gasteiger partial charge in [0.25, 0.3) is 0 Å². The van der Waals surface area contributed by atoms with Gasteiger partial charge >= 0.3 is 0 Å². The number of nitrogens with one attached hydrogen (secondary N) is 1. The van der Waals surface area contributed by atoms with E-state index in [0.717, 1.165) is 13.1 Å². The van der Waals surface area contributed by atoms with Crippen LogP contribution in [0.2, 0.25) is 5.15 Å². The quantitative estimate of drug-likeness (QED) is 0.785. The van der Waals surface area contributed by atoms with Crippen molar-refractivity contribution in [3.63, 3.8) is 0 Å². The fourth-order valence-electron chi connectivity index (χ4n) is 2.04. The van der Waals surface area contributed by atoms with E-state index in [2.05, 4.69) is 14.9 Å². The third kappa shape index (κ3) is 1.58. The first-order chi connectivity index (χ1) is 6.33. The fourth-order valence-corrected chi connectivity index (χ4v) is 2.34. The number of fused-ring (bicyclic) bond motifs is 1. The molecule has 13 heavy (non-hydrogen) atoms. The molecule has 3 nitrogen and oxygen atoms in total. The SMILES string of the molecule is CNCC1CCCn2cnc(Cl)c21.